The molecule has 0 saturated heterocycles. The second-order valence-electron chi connectivity index (χ2n) is 5.12. The van der Waals surface area contributed by atoms with Gasteiger partial charge in [-0.05, 0) is 26.1 Å². The molecule has 2 N–H and O–H groups in total. The molecule has 4 heteroatoms. The molecule has 0 bridgehead atoms. The predicted octanol–water partition coefficient (Wildman–Crippen LogP) is 1.69. The van der Waals surface area contributed by atoms with Gasteiger partial charge in [0.2, 0.25) is 0 Å². The number of pyridine rings is 1. The van der Waals surface area contributed by atoms with E-state index in [0.29, 0.717) is 5.92 Å². The van der Waals surface area contributed by atoms with Crippen LogP contribution >= 0.6 is 0 Å². The minimum Gasteiger partial charge on any atom is -0.397 e. The van der Waals surface area contributed by atoms with Crippen LogP contribution in [0.1, 0.15) is 13.8 Å². The minimum atomic E-state index is 0.624. The largest absolute Gasteiger partial charge is 0.397 e. The smallest absolute Gasteiger partial charge is 0.0573 e. The third-order valence-electron chi connectivity index (χ3n) is 2.51. The molecule has 1 aromatic heterocycles. The van der Waals surface area contributed by atoms with Gasteiger partial charge in [0.05, 0.1) is 17.6 Å². The highest BCUT2D eigenvalue weighted by Gasteiger charge is 2.09. The van der Waals surface area contributed by atoms with Crippen molar-refractivity contribution in [3.05, 3.63) is 18.5 Å². The number of nitrogen functional groups attached to an aromatic ring is 1. The molecule has 0 fully saturated rings. The van der Waals surface area contributed by atoms with Crippen LogP contribution in [0.4, 0.5) is 11.4 Å². The second-order valence-corrected chi connectivity index (χ2v) is 5.12. The summed E-state index contributed by atoms with van der Waals surface area (Å²) in [5, 5.41) is 0. The van der Waals surface area contributed by atoms with Crippen LogP contribution in [0.25, 0.3) is 0 Å². The first-order valence-electron chi connectivity index (χ1n) is 6.09. The first-order valence-corrected chi connectivity index (χ1v) is 6.09. The van der Waals surface area contributed by atoms with Crippen molar-refractivity contribution in [2.45, 2.75) is 13.8 Å². The molecule has 17 heavy (non-hydrogen) atoms. The monoisotopic (exact) mass is 236 g/mol. The number of anilines is 2. The normalized spacial score (nSPS) is 11.2. The Labute approximate surface area is 104 Å². The van der Waals surface area contributed by atoms with Crippen molar-refractivity contribution in [2.24, 2.45) is 5.92 Å². The highest BCUT2D eigenvalue weighted by Crippen LogP contribution is 2.17. The molecule has 0 unspecified atom stereocenters. The molecule has 0 radical (unpaired) electrons. The van der Waals surface area contributed by atoms with Crippen molar-refractivity contribution in [1.82, 2.24) is 9.88 Å². The predicted molar refractivity (Wildman–Crippen MR) is 74.3 cm³/mol. The molecule has 0 aliphatic rings. The molecule has 0 aliphatic heterocycles. The van der Waals surface area contributed by atoms with Gasteiger partial charge in [0.25, 0.3) is 0 Å². The molecule has 0 amide bonds. The molecular weight excluding hydrogens is 212 g/mol. The van der Waals surface area contributed by atoms with Crippen molar-refractivity contribution < 1.29 is 0 Å². The van der Waals surface area contributed by atoms with Gasteiger partial charge >= 0.3 is 0 Å². The van der Waals surface area contributed by atoms with Crippen molar-refractivity contribution in [2.75, 3.05) is 44.4 Å². The second kappa shape index (κ2) is 6.45. The van der Waals surface area contributed by atoms with Gasteiger partial charge in [-0.1, -0.05) is 13.8 Å². The summed E-state index contributed by atoms with van der Waals surface area (Å²) in [4.78, 5) is 8.69. The number of nitrogens with zero attached hydrogens (tertiary/aromatic N) is 3. The molecule has 0 atom stereocenters. The first kappa shape index (κ1) is 13.8. The molecule has 96 valence electrons. The SMILES string of the molecule is CC(C)CN(CCN(C)C)c1cncc(N)c1. The van der Waals surface area contributed by atoms with Crippen molar-refractivity contribution in [3.63, 3.8) is 0 Å². The van der Waals surface area contributed by atoms with E-state index in [4.69, 9.17) is 5.73 Å². The average Bonchev–Trinajstić information content (AvgIpc) is 2.23. The summed E-state index contributed by atoms with van der Waals surface area (Å²) in [6.07, 6.45) is 3.57. The lowest BCUT2D eigenvalue weighted by molar-refractivity contribution is 0.409. The zero-order valence-electron chi connectivity index (χ0n) is 11.3. The quantitative estimate of drug-likeness (QED) is 0.816. The molecular formula is C13H24N4. The molecule has 0 aliphatic carbocycles. The fourth-order valence-electron chi connectivity index (χ4n) is 1.71. The van der Waals surface area contributed by atoms with E-state index >= 15 is 0 Å². The van der Waals surface area contributed by atoms with E-state index < -0.39 is 0 Å². The van der Waals surface area contributed by atoms with E-state index in [1.807, 2.05) is 12.3 Å². The lowest BCUT2D eigenvalue weighted by Crippen LogP contribution is -2.34. The Morgan fingerprint density at radius 3 is 2.47 bits per heavy atom. The average molecular weight is 236 g/mol. The maximum Gasteiger partial charge on any atom is 0.0573 e. The Kier molecular flexibility index (Phi) is 5.22. The first-order chi connectivity index (χ1) is 7.99. The van der Waals surface area contributed by atoms with Gasteiger partial charge in [0.15, 0.2) is 0 Å². The summed E-state index contributed by atoms with van der Waals surface area (Å²) >= 11 is 0. The Balaban J connectivity index is 2.74. The zero-order valence-corrected chi connectivity index (χ0v) is 11.3. The highest BCUT2D eigenvalue weighted by atomic mass is 15.2. The van der Waals surface area contributed by atoms with Crippen LogP contribution in [0.2, 0.25) is 0 Å². The van der Waals surface area contributed by atoms with Crippen molar-refractivity contribution in [3.8, 4) is 0 Å². The van der Waals surface area contributed by atoms with Crippen molar-refractivity contribution >= 4 is 11.4 Å². The lowest BCUT2D eigenvalue weighted by atomic mass is 10.2. The molecule has 0 saturated carbocycles. The maximum absolute atomic E-state index is 5.78. The lowest BCUT2D eigenvalue weighted by Gasteiger charge is -2.28. The molecule has 1 aromatic rings. The van der Waals surface area contributed by atoms with E-state index in [0.717, 1.165) is 31.0 Å². The number of likely N-dealkylation sites (N-methyl/N-ethyl adjacent to an activating group) is 1. The fraction of sp³-hybridized carbons (Fsp3) is 0.615. The van der Waals surface area contributed by atoms with Gasteiger partial charge < -0.3 is 15.5 Å². The summed E-state index contributed by atoms with van der Waals surface area (Å²) in [6, 6.07) is 1.99. The Bertz CT molecular complexity index is 336. The fourth-order valence-corrected chi connectivity index (χ4v) is 1.71. The van der Waals surface area contributed by atoms with Gasteiger partial charge in [-0.15, -0.1) is 0 Å². The van der Waals surface area contributed by atoms with Crippen LogP contribution in [0.3, 0.4) is 0 Å². The summed E-state index contributed by atoms with van der Waals surface area (Å²) in [6.45, 7) is 7.50. The van der Waals surface area contributed by atoms with E-state index in [1.165, 1.54) is 0 Å². The van der Waals surface area contributed by atoms with Crippen LogP contribution in [0, 0.1) is 5.92 Å². The van der Waals surface area contributed by atoms with E-state index in [2.05, 4.69) is 42.7 Å². The molecule has 0 aromatic carbocycles. The van der Waals surface area contributed by atoms with E-state index in [-0.39, 0.29) is 0 Å². The number of aromatic nitrogens is 1. The maximum atomic E-state index is 5.78. The zero-order chi connectivity index (χ0) is 12.8. The summed E-state index contributed by atoms with van der Waals surface area (Å²) in [7, 11) is 4.18. The Morgan fingerprint density at radius 1 is 1.24 bits per heavy atom. The summed E-state index contributed by atoms with van der Waals surface area (Å²) in [5.74, 6) is 0.624. The standard InChI is InChI=1S/C13H24N4/c1-11(2)10-17(6-5-16(3)4)13-7-12(14)8-15-9-13/h7-9,11H,5-6,10,14H2,1-4H3. The van der Waals surface area contributed by atoms with Gasteiger partial charge in [-0.3, -0.25) is 4.98 Å². The summed E-state index contributed by atoms with van der Waals surface area (Å²) in [5.41, 5.74) is 7.62. The van der Waals surface area contributed by atoms with Crippen LogP contribution in [-0.2, 0) is 0 Å². The van der Waals surface area contributed by atoms with E-state index in [1.54, 1.807) is 6.20 Å². The number of hydrogen-bond donors (Lipinski definition) is 1. The topological polar surface area (TPSA) is 45.4 Å². The van der Waals surface area contributed by atoms with Crippen LogP contribution < -0.4 is 10.6 Å². The summed E-state index contributed by atoms with van der Waals surface area (Å²) < 4.78 is 0. The van der Waals surface area contributed by atoms with Gasteiger partial charge in [-0.25, -0.2) is 0 Å². The van der Waals surface area contributed by atoms with Crippen molar-refractivity contribution in [1.29, 1.82) is 0 Å². The van der Waals surface area contributed by atoms with E-state index in [9.17, 15) is 0 Å². The third kappa shape index (κ3) is 5.04. The van der Waals surface area contributed by atoms with Gasteiger partial charge in [0.1, 0.15) is 0 Å². The Morgan fingerprint density at radius 2 is 1.94 bits per heavy atom. The molecule has 1 heterocycles. The minimum absolute atomic E-state index is 0.624. The van der Waals surface area contributed by atoms with Crippen LogP contribution in [0.15, 0.2) is 18.5 Å². The number of rotatable bonds is 6. The number of nitrogens with two attached hydrogens (primary N) is 1. The third-order valence-corrected chi connectivity index (χ3v) is 2.51. The number of hydrogen-bond acceptors (Lipinski definition) is 4. The highest BCUT2D eigenvalue weighted by molar-refractivity contribution is 5.53. The van der Waals surface area contributed by atoms with Gasteiger partial charge in [-0.2, -0.15) is 0 Å². The Hall–Kier alpha value is -1.29. The van der Waals surface area contributed by atoms with Crippen LogP contribution in [-0.4, -0.2) is 43.6 Å². The molecule has 0 spiro atoms. The molecule has 1 rings (SSSR count). The molecule has 4 nitrogen and oxygen atoms in total. The van der Waals surface area contributed by atoms with Gasteiger partial charge in [0, 0.05) is 25.8 Å². The van der Waals surface area contributed by atoms with Crippen LogP contribution in [0.5, 0.6) is 0 Å².